The molecule has 1 fully saturated rings. The highest BCUT2D eigenvalue weighted by Crippen LogP contribution is 2.20. The molecule has 1 aromatic rings. The summed E-state index contributed by atoms with van der Waals surface area (Å²) in [5.41, 5.74) is 6.85. The van der Waals surface area contributed by atoms with Gasteiger partial charge in [0.1, 0.15) is 0 Å². The summed E-state index contributed by atoms with van der Waals surface area (Å²) >= 11 is 0. The minimum atomic E-state index is -0.417. The van der Waals surface area contributed by atoms with Crippen LogP contribution in [0.15, 0.2) is 24.3 Å². The van der Waals surface area contributed by atoms with Gasteiger partial charge in [0.05, 0.1) is 12.5 Å². The first-order valence-corrected chi connectivity index (χ1v) is 7.38. The van der Waals surface area contributed by atoms with Crippen LogP contribution in [0.2, 0.25) is 0 Å². The number of amides is 1. The predicted octanol–water partition coefficient (Wildman–Crippen LogP) is 1.56. The summed E-state index contributed by atoms with van der Waals surface area (Å²) in [7, 11) is 0. The Morgan fingerprint density at radius 1 is 1.43 bits per heavy atom. The summed E-state index contributed by atoms with van der Waals surface area (Å²) in [6.07, 6.45) is 1.87. The van der Waals surface area contributed by atoms with Crippen molar-refractivity contribution in [3.8, 4) is 0 Å². The first kappa shape index (κ1) is 15.5. The molecule has 1 heterocycles. The average molecular weight is 290 g/mol. The Bertz CT molecular complexity index is 516. The smallest absolute Gasteiger partial charge is 0.310 e. The Labute approximate surface area is 125 Å². The number of benzene rings is 1. The number of esters is 1. The summed E-state index contributed by atoms with van der Waals surface area (Å²) in [5.74, 6) is -0.564. The second-order valence-corrected chi connectivity index (χ2v) is 5.39. The molecule has 0 bridgehead atoms. The Morgan fingerprint density at radius 3 is 2.95 bits per heavy atom. The molecule has 5 nitrogen and oxygen atoms in total. The van der Waals surface area contributed by atoms with E-state index >= 15 is 0 Å². The molecule has 2 rings (SSSR count). The molecule has 0 spiro atoms. The van der Waals surface area contributed by atoms with Gasteiger partial charge in [-0.3, -0.25) is 14.5 Å². The van der Waals surface area contributed by atoms with Crippen molar-refractivity contribution in [2.24, 2.45) is 11.7 Å². The van der Waals surface area contributed by atoms with E-state index in [1.165, 1.54) is 0 Å². The van der Waals surface area contributed by atoms with Gasteiger partial charge in [0.15, 0.2) is 0 Å². The Morgan fingerprint density at radius 2 is 2.24 bits per heavy atom. The summed E-state index contributed by atoms with van der Waals surface area (Å²) < 4.78 is 5.10. The van der Waals surface area contributed by atoms with Crippen molar-refractivity contribution in [3.05, 3.63) is 35.4 Å². The van der Waals surface area contributed by atoms with E-state index in [0.29, 0.717) is 18.7 Å². The molecular weight excluding hydrogens is 268 g/mol. The summed E-state index contributed by atoms with van der Waals surface area (Å²) in [6, 6.07) is 7.34. The second kappa shape index (κ2) is 7.22. The van der Waals surface area contributed by atoms with E-state index in [4.69, 9.17) is 10.5 Å². The third-order valence-corrected chi connectivity index (χ3v) is 3.74. The van der Waals surface area contributed by atoms with Gasteiger partial charge < -0.3 is 10.5 Å². The number of piperidine rings is 1. The fraction of sp³-hybridized carbons (Fsp3) is 0.500. The second-order valence-electron chi connectivity index (χ2n) is 5.39. The molecule has 0 aromatic heterocycles. The summed E-state index contributed by atoms with van der Waals surface area (Å²) in [4.78, 5) is 25.3. The summed E-state index contributed by atoms with van der Waals surface area (Å²) in [6.45, 7) is 4.64. The van der Waals surface area contributed by atoms with Crippen LogP contribution in [-0.2, 0) is 16.1 Å². The van der Waals surface area contributed by atoms with E-state index in [1.807, 2.05) is 25.1 Å². The number of primary amides is 1. The molecule has 1 aliphatic rings. The van der Waals surface area contributed by atoms with E-state index < -0.39 is 5.91 Å². The van der Waals surface area contributed by atoms with Gasteiger partial charge in [0.2, 0.25) is 5.91 Å². The molecule has 0 radical (unpaired) electrons. The molecule has 1 amide bonds. The maximum Gasteiger partial charge on any atom is 0.310 e. The van der Waals surface area contributed by atoms with E-state index in [9.17, 15) is 9.59 Å². The third-order valence-electron chi connectivity index (χ3n) is 3.74. The van der Waals surface area contributed by atoms with E-state index in [-0.39, 0.29) is 11.9 Å². The van der Waals surface area contributed by atoms with Gasteiger partial charge >= 0.3 is 5.97 Å². The van der Waals surface area contributed by atoms with Gasteiger partial charge in [-0.15, -0.1) is 0 Å². The van der Waals surface area contributed by atoms with E-state index in [2.05, 4.69) is 4.90 Å². The van der Waals surface area contributed by atoms with Crippen molar-refractivity contribution in [3.63, 3.8) is 0 Å². The zero-order chi connectivity index (χ0) is 15.2. The third kappa shape index (κ3) is 4.29. The fourth-order valence-electron chi connectivity index (χ4n) is 2.73. The molecule has 5 heteroatoms. The number of carbonyl (C=O) groups is 2. The standard InChI is InChI=1S/C16H22N2O3/c1-2-21-16(20)14-7-4-8-18(11-14)10-12-5-3-6-13(9-12)15(17)19/h3,5-6,9,14H,2,4,7-8,10-11H2,1H3,(H2,17,19)/t14-/m1/s1. The van der Waals surface area contributed by atoms with Crippen LogP contribution >= 0.6 is 0 Å². The van der Waals surface area contributed by atoms with Crippen LogP contribution in [0, 0.1) is 5.92 Å². The lowest BCUT2D eigenvalue weighted by molar-refractivity contribution is -0.150. The van der Waals surface area contributed by atoms with Crippen molar-refractivity contribution in [1.82, 2.24) is 4.90 Å². The maximum atomic E-state index is 11.8. The van der Waals surface area contributed by atoms with Crippen molar-refractivity contribution in [2.45, 2.75) is 26.3 Å². The molecule has 1 aromatic carbocycles. The van der Waals surface area contributed by atoms with Gasteiger partial charge in [0, 0.05) is 18.7 Å². The lowest BCUT2D eigenvalue weighted by Gasteiger charge is -2.31. The first-order chi connectivity index (χ1) is 10.1. The van der Waals surface area contributed by atoms with Crippen LogP contribution in [0.25, 0.3) is 0 Å². The number of hydrogen-bond acceptors (Lipinski definition) is 4. The van der Waals surface area contributed by atoms with Crippen LogP contribution < -0.4 is 5.73 Å². The highest BCUT2D eigenvalue weighted by Gasteiger charge is 2.26. The van der Waals surface area contributed by atoms with Crippen LogP contribution in [0.1, 0.15) is 35.7 Å². The lowest BCUT2D eigenvalue weighted by atomic mass is 9.97. The summed E-state index contributed by atoms with van der Waals surface area (Å²) in [5, 5.41) is 0. The molecule has 0 aliphatic carbocycles. The quantitative estimate of drug-likeness (QED) is 0.835. The number of nitrogens with two attached hydrogens (primary N) is 1. The first-order valence-electron chi connectivity index (χ1n) is 7.38. The van der Waals surface area contributed by atoms with Gasteiger partial charge in [-0.2, -0.15) is 0 Å². The van der Waals surface area contributed by atoms with Gasteiger partial charge in [-0.1, -0.05) is 12.1 Å². The molecule has 0 unspecified atom stereocenters. The number of rotatable bonds is 5. The predicted molar refractivity (Wildman–Crippen MR) is 79.6 cm³/mol. The number of likely N-dealkylation sites (tertiary alicyclic amines) is 1. The van der Waals surface area contributed by atoms with Gasteiger partial charge in [0.25, 0.3) is 0 Å². The van der Waals surface area contributed by atoms with Crippen molar-refractivity contribution in [2.75, 3.05) is 19.7 Å². The van der Waals surface area contributed by atoms with Crippen LogP contribution in [0.3, 0.4) is 0 Å². The SMILES string of the molecule is CCOC(=O)[C@@H]1CCCN(Cc2cccc(C(N)=O)c2)C1. The van der Waals surface area contributed by atoms with Crippen LogP contribution in [0.4, 0.5) is 0 Å². The number of hydrogen-bond donors (Lipinski definition) is 1. The molecule has 1 saturated heterocycles. The lowest BCUT2D eigenvalue weighted by Crippen LogP contribution is -2.38. The van der Waals surface area contributed by atoms with Crippen LogP contribution in [-0.4, -0.2) is 36.5 Å². The Kier molecular flexibility index (Phi) is 5.33. The minimum absolute atomic E-state index is 0.0435. The molecule has 2 N–H and O–H groups in total. The molecular formula is C16H22N2O3. The van der Waals surface area contributed by atoms with Crippen molar-refractivity contribution >= 4 is 11.9 Å². The number of nitrogens with zero attached hydrogens (tertiary/aromatic N) is 1. The molecule has 114 valence electrons. The molecule has 21 heavy (non-hydrogen) atoms. The average Bonchev–Trinajstić information content (AvgIpc) is 2.48. The van der Waals surface area contributed by atoms with Gasteiger partial charge in [-0.25, -0.2) is 0 Å². The molecule has 1 aliphatic heterocycles. The topological polar surface area (TPSA) is 72.6 Å². The Balaban J connectivity index is 1.97. The number of ether oxygens (including phenoxy) is 1. The normalized spacial score (nSPS) is 19.2. The maximum absolute atomic E-state index is 11.8. The van der Waals surface area contributed by atoms with Crippen LogP contribution in [0.5, 0.6) is 0 Å². The van der Waals surface area contributed by atoms with Gasteiger partial charge in [-0.05, 0) is 44.0 Å². The molecule has 1 atom stereocenters. The largest absolute Gasteiger partial charge is 0.466 e. The fourth-order valence-corrected chi connectivity index (χ4v) is 2.73. The van der Waals surface area contributed by atoms with Crippen molar-refractivity contribution < 1.29 is 14.3 Å². The number of carbonyl (C=O) groups excluding carboxylic acids is 2. The minimum Gasteiger partial charge on any atom is -0.466 e. The van der Waals surface area contributed by atoms with Crippen molar-refractivity contribution in [1.29, 1.82) is 0 Å². The monoisotopic (exact) mass is 290 g/mol. The molecule has 0 saturated carbocycles. The van der Waals surface area contributed by atoms with E-state index in [1.54, 1.807) is 6.07 Å². The zero-order valence-electron chi connectivity index (χ0n) is 12.4. The zero-order valence-corrected chi connectivity index (χ0v) is 12.4. The Hall–Kier alpha value is -1.88. The van der Waals surface area contributed by atoms with E-state index in [0.717, 1.165) is 31.5 Å². The highest BCUT2D eigenvalue weighted by atomic mass is 16.5. The highest BCUT2D eigenvalue weighted by molar-refractivity contribution is 5.92.